The molecule has 3 nitrogen and oxygen atoms in total. The maximum absolute atomic E-state index is 9.70. The van der Waals surface area contributed by atoms with Gasteiger partial charge in [0.2, 0.25) is 0 Å². The summed E-state index contributed by atoms with van der Waals surface area (Å²) >= 11 is 3.38. The van der Waals surface area contributed by atoms with Crippen molar-refractivity contribution >= 4 is 22.7 Å². The zero-order valence-electron chi connectivity index (χ0n) is 3.66. The number of hydrogen-bond donors (Lipinski definition) is 1. The van der Waals surface area contributed by atoms with Crippen molar-refractivity contribution < 1.29 is 13.0 Å². The molecule has 1 atom stereocenters. The fourth-order valence-corrected chi connectivity index (χ4v) is 0. The van der Waals surface area contributed by atoms with Gasteiger partial charge in [0, 0.05) is 0 Å². The molecule has 0 aromatic heterocycles. The van der Waals surface area contributed by atoms with Crippen LogP contribution in [0.1, 0.15) is 6.92 Å². The highest BCUT2D eigenvalue weighted by Gasteiger charge is 1.99. The summed E-state index contributed by atoms with van der Waals surface area (Å²) in [5, 5.41) is 0. The molecule has 0 saturated heterocycles. The molecule has 0 rings (SSSR count). The molecule has 0 aliphatic heterocycles. The van der Waals surface area contributed by atoms with Crippen LogP contribution in [0.15, 0.2) is 0 Å². The van der Waals surface area contributed by atoms with Crippen LogP contribution in [0.5, 0.6) is 0 Å². The standard InChI is InChI=1S/C2H6O3S2/c1-2(6)7(3,4)5/h2,6H,1H3,(H,3,4,5)/p-1. The SMILES string of the molecule is CC(S)S(=O)(=O)[O-]. The fourth-order valence-electron chi connectivity index (χ4n) is 0. The maximum atomic E-state index is 9.70. The second kappa shape index (κ2) is 2.02. The second-order valence-corrected chi connectivity index (χ2v) is 3.91. The van der Waals surface area contributed by atoms with Crippen LogP contribution in [0.3, 0.4) is 0 Å². The lowest BCUT2D eigenvalue weighted by Crippen LogP contribution is -2.08. The molecule has 0 heterocycles. The largest absolute Gasteiger partial charge is 0.747 e. The van der Waals surface area contributed by atoms with E-state index >= 15 is 0 Å². The van der Waals surface area contributed by atoms with Gasteiger partial charge in [0.15, 0.2) is 0 Å². The number of hydrogen-bond acceptors (Lipinski definition) is 4. The number of thiol groups is 1. The molecule has 0 fully saturated rings. The zero-order chi connectivity index (χ0) is 6.08. The van der Waals surface area contributed by atoms with E-state index in [1.54, 1.807) is 0 Å². The molecule has 0 aromatic rings. The minimum Gasteiger partial charge on any atom is -0.747 e. The van der Waals surface area contributed by atoms with Gasteiger partial charge in [0.05, 0.1) is 4.58 Å². The molecule has 0 bridgehead atoms. The third-order valence-corrected chi connectivity index (χ3v) is 2.03. The molecule has 0 aliphatic rings. The molecule has 0 aromatic carbocycles. The summed E-state index contributed by atoms with van der Waals surface area (Å²) in [5.74, 6) is 0. The van der Waals surface area contributed by atoms with Crippen molar-refractivity contribution in [2.45, 2.75) is 11.5 Å². The summed E-state index contributed by atoms with van der Waals surface area (Å²) < 4.78 is 28.0. The first-order valence-electron chi connectivity index (χ1n) is 1.57. The van der Waals surface area contributed by atoms with E-state index in [1.807, 2.05) is 0 Å². The topological polar surface area (TPSA) is 57.2 Å². The average molecular weight is 141 g/mol. The van der Waals surface area contributed by atoms with Crippen LogP contribution in [0.25, 0.3) is 0 Å². The molecule has 44 valence electrons. The minimum absolute atomic E-state index is 1.09. The highest BCUT2D eigenvalue weighted by molar-refractivity contribution is 8.01. The van der Waals surface area contributed by atoms with Crippen LogP contribution in [-0.2, 0) is 10.1 Å². The summed E-state index contributed by atoms with van der Waals surface area (Å²) in [5.41, 5.74) is 0. The van der Waals surface area contributed by atoms with E-state index in [1.165, 1.54) is 6.92 Å². The van der Waals surface area contributed by atoms with Gasteiger partial charge in [-0.05, 0) is 6.92 Å². The Hall–Kier alpha value is 0.260. The van der Waals surface area contributed by atoms with Gasteiger partial charge in [-0.15, -0.1) is 0 Å². The Bertz CT molecular complexity index is 133. The van der Waals surface area contributed by atoms with Crippen LogP contribution in [0, 0.1) is 0 Å². The van der Waals surface area contributed by atoms with Gasteiger partial charge in [-0.3, -0.25) is 0 Å². The Morgan fingerprint density at radius 2 is 1.86 bits per heavy atom. The Morgan fingerprint density at radius 3 is 1.86 bits per heavy atom. The smallest absolute Gasteiger partial charge is 0.107 e. The molecule has 0 aliphatic carbocycles. The van der Waals surface area contributed by atoms with Crippen molar-refractivity contribution in [3.8, 4) is 0 Å². The number of rotatable bonds is 1. The van der Waals surface area contributed by atoms with E-state index in [9.17, 15) is 13.0 Å². The minimum atomic E-state index is -4.13. The molecule has 0 radical (unpaired) electrons. The van der Waals surface area contributed by atoms with Gasteiger partial charge in [0.25, 0.3) is 0 Å². The van der Waals surface area contributed by atoms with E-state index in [2.05, 4.69) is 12.6 Å². The van der Waals surface area contributed by atoms with Crippen molar-refractivity contribution in [2.24, 2.45) is 0 Å². The van der Waals surface area contributed by atoms with Crippen molar-refractivity contribution in [3.05, 3.63) is 0 Å². The Labute approximate surface area is 47.9 Å². The highest BCUT2D eigenvalue weighted by atomic mass is 32.3. The van der Waals surface area contributed by atoms with Gasteiger partial charge >= 0.3 is 0 Å². The average Bonchev–Trinajstić information content (AvgIpc) is 1.31. The van der Waals surface area contributed by atoms with Gasteiger partial charge in [-0.2, -0.15) is 12.6 Å². The zero-order valence-corrected chi connectivity index (χ0v) is 5.37. The molecule has 0 amide bonds. The molecule has 0 N–H and O–H groups in total. The summed E-state index contributed by atoms with van der Waals surface area (Å²) in [6.07, 6.45) is 0. The van der Waals surface area contributed by atoms with E-state index in [0.717, 1.165) is 0 Å². The predicted octanol–water partition coefficient (Wildman–Crippen LogP) is -0.193. The summed E-state index contributed by atoms with van der Waals surface area (Å²) in [7, 11) is -4.13. The summed E-state index contributed by atoms with van der Waals surface area (Å²) in [6, 6.07) is 0. The quantitative estimate of drug-likeness (QED) is 0.406. The van der Waals surface area contributed by atoms with E-state index in [4.69, 9.17) is 0 Å². The van der Waals surface area contributed by atoms with Crippen molar-refractivity contribution in [2.75, 3.05) is 0 Å². The first kappa shape index (κ1) is 7.26. The van der Waals surface area contributed by atoms with Crippen molar-refractivity contribution in [1.82, 2.24) is 0 Å². The lowest BCUT2D eigenvalue weighted by Gasteiger charge is -2.07. The fraction of sp³-hybridized carbons (Fsp3) is 1.00. The van der Waals surface area contributed by atoms with E-state index in [-0.39, 0.29) is 0 Å². The second-order valence-electron chi connectivity index (χ2n) is 1.09. The molecular formula is C2H5O3S2-. The van der Waals surface area contributed by atoms with Crippen LogP contribution < -0.4 is 0 Å². The molecule has 7 heavy (non-hydrogen) atoms. The lowest BCUT2D eigenvalue weighted by atomic mass is 11.0. The Morgan fingerprint density at radius 1 is 1.71 bits per heavy atom. The lowest BCUT2D eigenvalue weighted by molar-refractivity contribution is 0.462. The predicted molar refractivity (Wildman–Crippen MR) is 28.1 cm³/mol. The van der Waals surface area contributed by atoms with Crippen LogP contribution in [-0.4, -0.2) is 17.6 Å². The first-order chi connectivity index (χ1) is 2.94. The van der Waals surface area contributed by atoms with Crippen LogP contribution in [0.2, 0.25) is 0 Å². The van der Waals surface area contributed by atoms with Gasteiger partial charge in [0.1, 0.15) is 10.1 Å². The Balaban J connectivity index is 4.10. The molecule has 1 unspecified atom stereocenters. The van der Waals surface area contributed by atoms with Gasteiger partial charge in [-0.1, -0.05) is 0 Å². The van der Waals surface area contributed by atoms with Crippen molar-refractivity contribution in [3.63, 3.8) is 0 Å². The molecule has 0 saturated carbocycles. The molecular weight excluding hydrogens is 136 g/mol. The van der Waals surface area contributed by atoms with Crippen molar-refractivity contribution in [1.29, 1.82) is 0 Å². The molecule has 5 heteroatoms. The monoisotopic (exact) mass is 141 g/mol. The third kappa shape index (κ3) is 2.90. The first-order valence-corrected chi connectivity index (χ1v) is 3.56. The van der Waals surface area contributed by atoms with Crippen LogP contribution >= 0.6 is 12.6 Å². The van der Waals surface area contributed by atoms with E-state index in [0.29, 0.717) is 0 Å². The Kier molecular flexibility index (Phi) is 2.09. The maximum Gasteiger partial charge on any atom is 0.107 e. The highest BCUT2D eigenvalue weighted by Crippen LogP contribution is 1.98. The third-order valence-electron chi connectivity index (χ3n) is 0.418. The normalized spacial score (nSPS) is 16.4. The molecule has 0 spiro atoms. The van der Waals surface area contributed by atoms with Gasteiger partial charge in [-0.25, -0.2) is 8.42 Å². The van der Waals surface area contributed by atoms with Crippen LogP contribution in [0.4, 0.5) is 0 Å². The summed E-state index contributed by atoms with van der Waals surface area (Å²) in [6.45, 7) is 1.21. The van der Waals surface area contributed by atoms with Gasteiger partial charge < -0.3 is 4.55 Å². The van der Waals surface area contributed by atoms with E-state index < -0.39 is 14.7 Å². The summed E-state index contributed by atoms with van der Waals surface area (Å²) in [4.78, 5) is 0.